The number of rotatable bonds is 9. The molecule has 244 valence electrons. The van der Waals surface area contributed by atoms with Crippen LogP contribution in [0.3, 0.4) is 0 Å². The molecule has 1 unspecified atom stereocenters. The molecule has 0 aliphatic rings. The van der Waals surface area contributed by atoms with E-state index < -0.39 is 27.1 Å². The van der Waals surface area contributed by atoms with Crippen LogP contribution in [0.1, 0.15) is 13.8 Å². The second kappa shape index (κ2) is 13.3. The topological polar surface area (TPSA) is 101 Å². The van der Waals surface area contributed by atoms with Gasteiger partial charge in [0.05, 0.1) is 22.6 Å². The first kappa shape index (κ1) is 33.5. The van der Waals surface area contributed by atoms with Crippen molar-refractivity contribution >= 4 is 68.7 Å². The third kappa shape index (κ3) is 7.38. The maximum atomic E-state index is 13.1. The minimum atomic E-state index is -4.93. The molecule has 1 atom stereocenters. The molecular weight excluding hydrogens is 707 g/mol. The molecular formula is C30H20F6N4O3S4. The molecule has 0 saturated heterocycles. The maximum Gasteiger partial charge on any atom is 0.578 e. The molecule has 2 aromatic carbocycles. The highest BCUT2D eigenvalue weighted by Crippen LogP contribution is 2.40. The Balaban J connectivity index is 1.41. The van der Waals surface area contributed by atoms with Gasteiger partial charge in [0.25, 0.3) is 0 Å². The van der Waals surface area contributed by atoms with Crippen molar-refractivity contribution in [2.24, 2.45) is 0 Å². The zero-order valence-electron chi connectivity index (χ0n) is 24.1. The van der Waals surface area contributed by atoms with E-state index in [1.165, 1.54) is 47.8 Å². The first-order valence-corrected chi connectivity index (χ1v) is 17.6. The number of halogens is 6. The highest BCUT2D eigenvalue weighted by atomic mass is 32.2. The van der Waals surface area contributed by atoms with Gasteiger partial charge in [0.15, 0.2) is 16.1 Å². The summed E-state index contributed by atoms with van der Waals surface area (Å²) >= 11 is -0.536. The summed E-state index contributed by atoms with van der Waals surface area (Å²) in [6.45, 7) is 3.90. The molecule has 0 amide bonds. The molecule has 6 rings (SSSR count). The van der Waals surface area contributed by atoms with Crippen LogP contribution < -0.4 is 0 Å². The average molecular weight is 727 g/mol. The summed E-state index contributed by atoms with van der Waals surface area (Å²) < 4.78 is 102. The number of nitrogens with zero attached hydrogens (tertiary/aromatic N) is 4. The van der Waals surface area contributed by atoms with Crippen molar-refractivity contribution < 1.29 is 39.7 Å². The fourth-order valence-electron chi connectivity index (χ4n) is 4.49. The molecule has 6 aromatic rings. The van der Waals surface area contributed by atoms with Gasteiger partial charge in [-0.15, -0.1) is 36.7 Å². The van der Waals surface area contributed by atoms with Gasteiger partial charge in [-0.2, -0.15) is 13.2 Å². The lowest BCUT2D eigenvalue weighted by molar-refractivity contribution is -0.0435. The van der Waals surface area contributed by atoms with E-state index in [1.54, 1.807) is 18.2 Å². The van der Waals surface area contributed by atoms with Crippen molar-refractivity contribution in [3.63, 3.8) is 0 Å². The van der Waals surface area contributed by atoms with Crippen LogP contribution in [0.2, 0.25) is 0 Å². The van der Waals surface area contributed by atoms with E-state index in [0.717, 1.165) is 17.0 Å². The quantitative estimate of drug-likeness (QED) is 0.0813. The van der Waals surface area contributed by atoms with Crippen molar-refractivity contribution in [2.45, 2.75) is 44.4 Å². The normalized spacial score (nSPS) is 13.1. The summed E-state index contributed by atoms with van der Waals surface area (Å²) in [4.78, 5) is 19.4. The van der Waals surface area contributed by atoms with Gasteiger partial charge < -0.3 is 13.4 Å². The number of fused-ring (bicyclic) bond motifs is 2. The number of benzene rings is 2. The minimum Gasteiger partial charge on any atom is -0.604 e. The molecule has 17 heteroatoms. The summed E-state index contributed by atoms with van der Waals surface area (Å²) in [5.41, 5.74) is -7.02. The predicted octanol–water partition coefficient (Wildman–Crippen LogP) is 10.2. The fourth-order valence-corrected chi connectivity index (χ4v) is 7.23. The summed E-state index contributed by atoms with van der Waals surface area (Å²) in [5.74, 6) is 1.55. The second-order valence-corrected chi connectivity index (χ2v) is 14.7. The minimum absolute atomic E-state index is 0.0273. The molecule has 47 heavy (non-hydrogen) atoms. The van der Waals surface area contributed by atoms with Crippen LogP contribution in [0.5, 0.6) is 0 Å². The number of aromatic nitrogens is 4. The lowest BCUT2D eigenvalue weighted by atomic mass is 10.2. The van der Waals surface area contributed by atoms with Crippen LogP contribution in [0, 0.1) is 0 Å². The van der Waals surface area contributed by atoms with Crippen LogP contribution in [0.25, 0.3) is 56.8 Å². The van der Waals surface area contributed by atoms with Gasteiger partial charge in [0.2, 0.25) is 11.8 Å². The molecule has 0 aliphatic heterocycles. The zero-order valence-corrected chi connectivity index (χ0v) is 27.4. The summed E-state index contributed by atoms with van der Waals surface area (Å²) in [6.07, 6.45) is 0. The van der Waals surface area contributed by atoms with Crippen LogP contribution in [0.15, 0.2) is 89.1 Å². The fraction of sp³-hybridized carbons (Fsp3) is 0.200. The van der Waals surface area contributed by atoms with E-state index in [2.05, 4.69) is 9.97 Å². The molecule has 4 aromatic heterocycles. The van der Waals surface area contributed by atoms with Crippen LogP contribution >= 0.6 is 35.3 Å². The highest BCUT2D eigenvalue weighted by Gasteiger charge is 2.46. The predicted molar refractivity (Wildman–Crippen MR) is 171 cm³/mol. The van der Waals surface area contributed by atoms with Crippen LogP contribution in [0.4, 0.5) is 26.3 Å². The van der Waals surface area contributed by atoms with Crippen LogP contribution in [-0.2, 0) is 11.2 Å². The monoisotopic (exact) mass is 726 g/mol. The van der Waals surface area contributed by atoms with Gasteiger partial charge in [-0.3, -0.25) is 0 Å². The summed E-state index contributed by atoms with van der Waals surface area (Å²) in [5, 5.41) is 0. The van der Waals surface area contributed by atoms with Crippen LogP contribution in [-0.4, -0.2) is 47.0 Å². The van der Waals surface area contributed by atoms with Crippen molar-refractivity contribution in [1.82, 2.24) is 19.9 Å². The number of hydrogen-bond acceptors (Lipinski definition) is 10. The number of alkyl halides is 6. The molecule has 4 heterocycles. The van der Waals surface area contributed by atoms with E-state index in [-0.39, 0.29) is 45.1 Å². The van der Waals surface area contributed by atoms with Gasteiger partial charge in [-0.05, 0) is 77.9 Å². The molecule has 0 radical (unpaired) electrons. The Hall–Kier alpha value is -3.38. The SMILES string of the molecule is CCSc1ccc(-c2ccc(SCC)c(-c3nc4cc([S+]([O-])C(F)(F)F)ccc4o3)n2)nc1-c1nc2cc(SC(F)(F)F)ccc2o1. The summed E-state index contributed by atoms with van der Waals surface area (Å²) in [6, 6.07) is 14.6. The van der Waals surface area contributed by atoms with Gasteiger partial charge >= 0.3 is 11.0 Å². The Morgan fingerprint density at radius 2 is 1.19 bits per heavy atom. The molecule has 0 bridgehead atoms. The highest BCUT2D eigenvalue weighted by molar-refractivity contribution is 8.00. The van der Waals surface area contributed by atoms with E-state index in [0.29, 0.717) is 44.8 Å². The number of oxazole rings is 2. The third-order valence-corrected chi connectivity index (χ3v) is 10.0. The van der Waals surface area contributed by atoms with Crippen molar-refractivity contribution in [3.8, 4) is 34.6 Å². The van der Waals surface area contributed by atoms with E-state index in [4.69, 9.17) is 18.8 Å². The first-order chi connectivity index (χ1) is 22.3. The van der Waals surface area contributed by atoms with Gasteiger partial charge in [-0.1, -0.05) is 13.8 Å². The Morgan fingerprint density at radius 3 is 1.68 bits per heavy atom. The van der Waals surface area contributed by atoms with Gasteiger partial charge in [0, 0.05) is 20.8 Å². The number of pyridine rings is 2. The van der Waals surface area contributed by atoms with Gasteiger partial charge in [-0.25, -0.2) is 19.9 Å². The first-order valence-electron chi connectivity index (χ1n) is 13.7. The van der Waals surface area contributed by atoms with E-state index in [1.807, 2.05) is 19.9 Å². The Labute approximate surface area is 278 Å². The standard InChI is InChI=1S/C30H20F6N4O3S4/c1-3-44-23-11-7-17(37-25(23)27-39-19-13-15(46-29(31,32)33)5-9-21(19)42-27)18-8-12-24(45-4-2)26(38-18)28-40-20-14-16(6-10-22(20)43-28)47(41)30(34,35)36/h5-14H,3-4H2,1-2H3. The Morgan fingerprint density at radius 1 is 0.681 bits per heavy atom. The lowest BCUT2D eigenvalue weighted by Gasteiger charge is -2.11. The van der Waals surface area contributed by atoms with Gasteiger partial charge in [0.1, 0.15) is 22.4 Å². The molecule has 7 nitrogen and oxygen atoms in total. The molecule has 0 spiro atoms. The largest absolute Gasteiger partial charge is 0.604 e. The number of thioether (sulfide) groups is 3. The average Bonchev–Trinajstić information content (AvgIpc) is 3.64. The van der Waals surface area contributed by atoms with E-state index >= 15 is 0 Å². The van der Waals surface area contributed by atoms with Crippen molar-refractivity contribution in [2.75, 3.05) is 11.5 Å². The molecule has 0 aliphatic carbocycles. The van der Waals surface area contributed by atoms with E-state index in [9.17, 15) is 30.9 Å². The Bertz CT molecular complexity index is 2080. The molecule has 0 saturated carbocycles. The second-order valence-electron chi connectivity index (χ2n) is 9.51. The third-order valence-electron chi connectivity index (χ3n) is 6.36. The van der Waals surface area contributed by atoms with Crippen molar-refractivity contribution in [1.29, 1.82) is 0 Å². The molecule has 0 N–H and O–H groups in total. The Kier molecular flexibility index (Phi) is 9.46. The zero-order chi connectivity index (χ0) is 33.5. The number of hydrogen-bond donors (Lipinski definition) is 0. The van der Waals surface area contributed by atoms with Crippen molar-refractivity contribution in [3.05, 3.63) is 60.7 Å². The smallest absolute Gasteiger partial charge is 0.578 e. The maximum absolute atomic E-state index is 13.1. The summed E-state index contributed by atoms with van der Waals surface area (Å²) in [7, 11) is 0. The lowest BCUT2D eigenvalue weighted by Crippen LogP contribution is -2.23. The molecule has 0 fully saturated rings.